The highest BCUT2D eigenvalue weighted by Crippen LogP contribution is 2.26. The Hall–Kier alpha value is -1.79. The molecule has 11 heteroatoms. The quantitative estimate of drug-likeness (QED) is 0.330. The Kier molecular flexibility index (Phi) is 5.72. The molecule has 0 unspecified atom stereocenters. The smallest absolute Gasteiger partial charge is 0.346 e. The number of rotatable bonds is 7. The second-order valence-electron chi connectivity index (χ2n) is 5.25. The van der Waals surface area contributed by atoms with E-state index in [4.69, 9.17) is 8.92 Å². The van der Waals surface area contributed by atoms with Gasteiger partial charge in [-0.15, -0.1) is 6.58 Å². The van der Waals surface area contributed by atoms with Crippen LogP contribution in [0.25, 0.3) is 0 Å². The highest BCUT2D eigenvalue weighted by molar-refractivity contribution is 7.86. The average Bonchev–Trinajstić information content (AvgIpc) is 2.77. The van der Waals surface area contributed by atoms with Gasteiger partial charge in [-0.25, -0.2) is 4.79 Å². The van der Waals surface area contributed by atoms with Crippen LogP contribution in [0.4, 0.5) is 5.82 Å². The summed E-state index contributed by atoms with van der Waals surface area (Å²) in [7, 11) is -3.87. The first-order chi connectivity index (χ1) is 11.2. The predicted molar refractivity (Wildman–Crippen MR) is 83.9 cm³/mol. The lowest BCUT2D eigenvalue weighted by Crippen LogP contribution is -2.40. The zero-order chi connectivity index (χ0) is 17.9. The normalized spacial score (nSPS) is 27.1. The van der Waals surface area contributed by atoms with Gasteiger partial charge < -0.3 is 25.3 Å². The topological polar surface area (TPSA) is 151 Å². The molecule has 134 valence electrons. The number of aliphatic hydroxyl groups is 2. The van der Waals surface area contributed by atoms with E-state index in [-0.39, 0.29) is 5.82 Å². The fourth-order valence-electron chi connectivity index (χ4n) is 2.32. The van der Waals surface area contributed by atoms with E-state index in [1.165, 1.54) is 6.20 Å². The Morgan fingerprint density at radius 3 is 2.88 bits per heavy atom. The van der Waals surface area contributed by atoms with Gasteiger partial charge in [0, 0.05) is 11.8 Å². The number of nitrogens with one attached hydrogen (secondary N) is 2. The van der Waals surface area contributed by atoms with Crippen LogP contribution in [0.2, 0.25) is 0 Å². The van der Waals surface area contributed by atoms with Crippen LogP contribution in [-0.4, -0.2) is 66.0 Å². The molecular formula is C13H19N3O7S. The van der Waals surface area contributed by atoms with Crippen molar-refractivity contribution in [1.29, 1.82) is 0 Å². The van der Waals surface area contributed by atoms with E-state index in [1.807, 2.05) is 0 Å². The lowest BCUT2D eigenvalue weighted by atomic mass is 10.1. The van der Waals surface area contributed by atoms with Crippen molar-refractivity contribution in [2.75, 3.05) is 18.2 Å². The van der Waals surface area contributed by atoms with E-state index in [9.17, 15) is 23.4 Å². The molecule has 24 heavy (non-hydrogen) atoms. The molecule has 2 rings (SSSR count). The summed E-state index contributed by atoms with van der Waals surface area (Å²) in [5.74, 6) is 0.152. The van der Waals surface area contributed by atoms with Crippen molar-refractivity contribution in [1.82, 2.24) is 9.97 Å². The summed E-state index contributed by atoms with van der Waals surface area (Å²) in [6.45, 7) is 3.04. The molecule has 10 nitrogen and oxygen atoms in total. The molecule has 1 saturated heterocycles. The zero-order valence-corrected chi connectivity index (χ0v) is 13.7. The third kappa shape index (κ3) is 4.39. The number of allylic oxidation sites excluding steroid dienone is 1. The molecule has 1 aliphatic heterocycles. The van der Waals surface area contributed by atoms with Gasteiger partial charge in [0.1, 0.15) is 24.1 Å². The number of aromatic nitrogens is 2. The molecule has 0 aromatic carbocycles. The highest BCUT2D eigenvalue weighted by atomic mass is 32.2. The summed E-state index contributed by atoms with van der Waals surface area (Å²) >= 11 is 0. The standard InChI is InChI=1S/C13H19N3O7S/c1-3-4-7-5-14-13(19)16-11(7)15-12-9(18)10(8(6-17)22-12)23-24(2,20)21/h3,5,8-10,12,17-18H,1,4,6H2,2H3,(H2,14,15,16,19)/t8-,9-,10+,12-/m1/s1. The third-order valence-corrected chi connectivity index (χ3v) is 3.90. The van der Waals surface area contributed by atoms with E-state index in [2.05, 4.69) is 21.9 Å². The van der Waals surface area contributed by atoms with Crippen molar-refractivity contribution >= 4 is 15.9 Å². The molecule has 0 saturated carbocycles. The summed E-state index contributed by atoms with van der Waals surface area (Å²) in [6, 6.07) is 0. The van der Waals surface area contributed by atoms with Crippen molar-refractivity contribution in [2.45, 2.75) is 31.0 Å². The van der Waals surface area contributed by atoms with Crippen molar-refractivity contribution in [3.63, 3.8) is 0 Å². The monoisotopic (exact) mass is 361 g/mol. The second kappa shape index (κ2) is 7.40. The van der Waals surface area contributed by atoms with Gasteiger partial charge in [0.25, 0.3) is 10.1 Å². The molecule has 1 aromatic rings. The van der Waals surface area contributed by atoms with Gasteiger partial charge in [0.15, 0.2) is 6.23 Å². The maximum absolute atomic E-state index is 11.4. The molecule has 0 radical (unpaired) electrons. The van der Waals surface area contributed by atoms with Gasteiger partial charge in [-0.2, -0.15) is 13.4 Å². The van der Waals surface area contributed by atoms with Crippen LogP contribution >= 0.6 is 0 Å². The van der Waals surface area contributed by atoms with Gasteiger partial charge in [-0.05, 0) is 6.42 Å². The Labute approximate surface area is 138 Å². The molecule has 1 fully saturated rings. The van der Waals surface area contributed by atoms with Crippen molar-refractivity contribution in [2.24, 2.45) is 0 Å². The van der Waals surface area contributed by atoms with Crippen LogP contribution in [0.3, 0.4) is 0 Å². The maximum Gasteiger partial charge on any atom is 0.346 e. The first kappa shape index (κ1) is 18.5. The molecule has 0 amide bonds. The van der Waals surface area contributed by atoms with Gasteiger partial charge >= 0.3 is 5.69 Å². The third-order valence-electron chi connectivity index (χ3n) is 3.33. The summed E-state index contributed by atoms with van der Waals surface area (Å²) < 4.78 is 32.7. The summed E-state index contributed by atoms with van der Waals surface area (Å²) in [5, 5.41) is 22.3. The van der Waals surface area contributed by atoms with Crippen LogP contribution in [-0.2, 0) is 25.5 Å². The van der Waals surface area contributed by atoms with Gasteiger partial charge in [0.2, 0.25) is 0 Å². The first-order valence-corrected chi connectivity index (χ1v) is 8.85. The molecule has 1 aromatic heterocycles. The number of aromatic amines is 1. The molecule has 0 bridgehead atoms. The summed E-state index contributed by atoms with van der Waals surface area (Å²) in [6.07, 6.45) is -0.615. The minimum absolute atomic E-state index is 0.152. The fourth-order valence-corrected chi connectivity index (χ4v) is 2.96. The number of aliphatic hydroxyl groups excluding tert-OH is 2. The molecular weight excluding hydrogens is 342 g/mol. The maximum atomic E-state index is 11.4. The number of H-pyrrole nitrogens is 1. The summed E-state index contributed by atoms with van der Waals surface area (Å²) in [5.41, 5.74) is -0.0196. The van der Waals surface area contributed by atoms with E-state index in [0.717, 1.165) is 6.26 Å². The predicted octanol–water partition coefficient (Wildman–Crippen LogP) is -1.67. The molecule has 0 aliphatic carbocycles. The number of ether oxygens (including phenoxy) is 1. The lowest BCUT2D eigenvalue weighted by Gasteiger charge is -2.19. The van der Waals surface area contributed by atoms with Gasteiger partial charge in [-0.1, -0.05) is 6.08 Å². The minimum atomic E-state index is -3.87. The Morgan fingerprint density at radius 2 is 2.29 bits per heavy atom. The molecule has 4 atom stereocenters. The van der Waals surface area contributed by atoms with Crippen molar-refractivity contribution < 1.29 is 27.6 Å². The molecule has 4 N–H and O–H groups in total. The van der Waals surface area contributed by atoms with Crippen LogP contribution in [0.5, 0.6) is 0 Å². The largest absolute Gasteiger partial charge is 0.394 e. The average molecular weight is 361 g/mol. The van der Waals surface area contributed by atoms with Gasteiger partial charge in [-0.3, -0.25) is 4.18 Å². The van der Waals surface area contributed by atoms with Crippen molar-refractivity contribution in [3.8, 4) is 0 Å². The van der Waals surface area contributed by atoms with Crippen LogP contribution in [0.1, 0.15) is 5.56 Å². The van der Waals surface area contributed by atoms with E-state index >= 15 is 0 Å². The SMILES string of the molecule is C=CCc1c[nH]c(=O)nc1N[C@@H]1O[C@H](CO)[C@H](OS(C)(=O)=O)[C@H]1O. The Morgan fingerprint density at radius 1 is 1.58 bits per heavy atom. The fraction of sp³-hybridized carbons (Fsp3) is 0.538. The summed E-state index contributed by atoms with van der Waals surface area (Å²) in [4.78, 5) is 17.6. The zero-order valence-electron chi connectivity index (χ0n) is 12.9. The molecule has 1 aliphatic rings. The van der Waals surface area contributed by atoms with Crippen LogP contribution < -0.4 is 11.0 Å². The van der Waals surface area contributed by atoms with Crippen LogP contribution in [0.15, 0.2) is 23.6 Å². The first-order valence-electron chi connectivity index (χ1n) is 7.04. The van der Waals surface area contributed by atoms with Gasteiger partial charge in [0.05, 0.1) is 12.9 Å². The number of anilines is 1. The van der Waals surface area contributed by atoms with Crippen LogP contribution in [0, 0.1) is 0 Å². The van der Waals surface area contributed by atoms with E-state index < -0.39 is 47.0 Å². The number of hydrogen-bond acceptors (Lipinski definition) is 9. The Bertz CT molecular complexity index is 748. The molecule has 0 spiro atoms. The number of hydrogen-bond donors (Lipinski definition) is 4. The molecule has 2 heterocycles. The Balaban J connectivity index is 2.23. The second-order valence-corrected chi connectivity index (χ2v) is 6.85. The number of nitrogens with zero attached hydrogens (tertiary/aromatic N) is 1. The van der Waals surface area contributed by atoms with Crippen molar-refractivity contribution in [3.05, 3.63) is 34.9 Å². The minimum Gasteiger partial charge on any atom is -0.394 e. The highest BCUT2D eigenvalue weighted by Gasteiger charge is 2.46. The lowest BCUT2D eigenvalue weighted by molar-refractivity contribution is -0.00724. The van der Waals surface area contributed by atoms with E-state index in [1.54, 1.807) is 6.08 Å². The van der Waals surface area contributed by atoms with E-state index in [0.29, 0.717) is 12.0 Å².